The topological polar surface area (TPSA) is 77.5 Å². The first-order valence-electron chi connectivity index (χ1n) is 15.9. The Kier molecular flexibility index (Phi) is 8.74. The minimum absolute atomic E-state index is 0.147. The number of pyridine rings is 2. The third-order valence-electron chi connectivity index (χ3n) is 9.12. The van der Waals surface area contributed by atoms with Crippen LogP contribution in [0.4, 0.5) is 11.5 Å². The number of likely N-dealkylation sites (N-methyl/N-ethyl adjacent to an activating group) is 1. The Labute approximate surface area is 279 Å². The van der Waals surface area contributed by atoms with Gasteiger partial charge in [0.2, 0.25) is 5.91 Å². The lowest BCUT2D eigenvalue weighted by Crippen LogP contribution is -2.35. The van der Waals surface area contributed by atoms with E-state index in [0.717, 1.165) is 80.6 Å². The molecule has 236 valence electrons. The SMILES string of the molecule is CCN(C)CC(=O)N1Cc2nc(-c3cccc(-c4cccc(Nc5nccc6cc(CN7CCCC7)cnc56)c4Cl)c3C)sc2C1. The molecule has 5 aromatic rings. The number of carbonyl (C=O) groups is 1. The van der Waals surface area contributed by atoms with Gasteiger partial charge in [-0.25, -0.2) is 9.97 Å². The van der Waals surface area contributed by atoms with E-state index in [4.69, 9.17) is 21.6 Å². The van der Waals surface area contributed by atoms with Crippen molar-refractivity contribution in [2.24, 2.45) is 0 Å². The van der Waals surface area contributed by atoms with Gasteiger partial charge in [0, 0.05) is 40.3 Å². The Balaban J connectivity index is 1.12. The zero-order chi connectivity index (χ0) is 31.8. The number of rotatable bonds is 9. The third-order valence-corrected chi connectivity index (χ3v) is 10.6. The Morgan fingerprint density at radius 1 is 1.04 bits per heavy atom. The fourth-order valence-electron chi connectivity index (χ4n) is 6.38. The zero-order valence-corrected chi connectivity index (χ0v) is 28.1. The van der Waals surface area contributed by atoms with Crippen LogP contribution in [0.15, 0.2) is 60.9 Å². The maximum Gasteiger partial charge on any atom is 0.237 e. The number of benzene rings is 2. The van der Waals surface area contributed by atoms with Gasteiger partial charge in [-0.2, -0.15) is 0 Å². The van der Waals surface area contributed by atoms with E-state index >= 15 is 0 Å². The van der Waals surface area contributed by atoms with Gasteiger partial charge in [-0.05, 0) is 81.3 Å². The Morgan fingerprint density at radius 3 is 2.63 bits per heavy atom. The van der Waals surface area contributed by atoms with Crippen LogP contribution in [0.1, 0.15) is 41.5 Å². The lowest BCUT2D eigenvalue weighted by Gasteiger charge is -2.20. The van der Waals surface area contributed by atoms with Crippen molar-refractivity contribution in [2.45, 2.75) is 46.3 Å². The molecule has 1 amide bonds. The molecule has 0 spiro atoms. The van der Waals surface area contributed by atoms with Crippen molar-refractivity contribution in [3.05, 3.63) is 87.6 Å². The number of nitrogens with one attached hydrogen (secondary N) is 1. The number of halogens is 1. The minimum Gasteiger partial charge on any atom is -0.337 e. The Hall–Kier alpha value is -3.89. The summed E-state index contributed by atoms with van der Waals surface area (Å²) in [6, 6.07) is 16.6. The van der Waals surface area contributed by atoms with Gasteiger partial charge < -0.3 is 10.2 Å². The molecular weight excluding hydrogens is 614 g/mol. The van der Waals surface area contributed by atoms with Gasteiger partial charge in [-0.15, -0.1) is 11.3 Å². The second-order valence-electron chi connectivity index (χ2n) is 12.3. The number of anilines is 2. The van der Waals surface area contributed by atoms with Gasteiger partial charge in [0.05, 0.1) is 36.0 Å². The van der Waals surface area contributed by atoms with Gasteiger partial charge in [0.15, 0.2) is 5.82 Å². The molecule has 5 heterocycles. The summed E-state index contributed by atoms with van der Waals surface area (Å²) < 4.78 is 0. The summed E-state index contributed by atoms with van der Waals surface area (Å²) in [5.41, 5.74) is 8.00. The van der Waals surface area contributed by atoms with Gasteiger partial charge in [0.1, 0.15) is 10.5 Å². The zero-order valence-electron chi connectivity index (χ0n) is 26.5. The maximum absolute atomic E-state index is 12.7. The van der Waals surface area contributed by atoms with Gasteiger partial charge in [-0.3, -0.25) is 19.6 Å². The van der Waals surface area contributed by atoms with Gasteiger partial charge in [-0.1, -0.05) is 48.9 Å². The lowest BCUT2D eigenvalue weighted by atomic mass is 9.96. The van der Waals surface area contributed by atoms with Crippen LogP contribution in [-0.2, 0) is 24.4 Å². The van der Waals surface area contributed by atoms with E-state index in [1.165, 1.54) is 18.4 Å². The summed E-state index contributed by atoms with van der Waals surface area (Å²) in [5, 5.41) is 6.13. The molecule has 2 aromatic carbocycles. The third kappa shape index (κ3) is 6.12. The Morgan fingerprint density at radius 2 is 1.83 bits per heavy atom. The van der Waals surface area contributed by atoms with Crippen molar-refractivity contribution in [2.75, 3.05) is 38.5 Å². The molecule has 0 bridgehead atoms. The van der Waals surface area contributed by atoms with Crippen molar-refractivity contribution < 1.29 is 4.79 Å². The van der Waals surface area contributed by atoms with Crippen LogP contribution < -0.4 is 5.32 Å². The molecule has 1 N–H and O–H groups in total. The number of hydrogen-bond donors (Lipinski definition) is 1. The van der Waals surface area contributed by atoms with Crippen LogP contribution >= 0.6 is 22.9 Å². The van der Waals surface area contributed by atoms with Crippen LogP contribution in [0.25, 0.3) is 32.6 Å². The molecule has 0 radical (unpaired) electrons. The second-order valence-corrected chi connectivity index (χ2v) is 13.8. The molecule has 1 fully saturated rings. The highest BCUT2D eigenvalue weighted by Crippen LogP contribution is 2.41. The molecule has 8 nitrogen and oxygen atoms in total. The molecule has 2 aliphatic heterocycles. The van der Waals surface area contributed by atoms with Crippen molar-refractivity contribution in [1.29, 1.82) is 0 Å². The van der Waals surface area contributed by atoms with Gasteiger partial charge >= 0.3 is 0 Å². The summed E-state index contributed by atoms with van der Waals surface area (Å²) in [4.78, 5) is 34.8. The summed E-state index contributed by atoms with van der Waals surface area (Å²) in [6.07, 6.45) is 6.33. The lowest BCUT2D eigenvalue weighted by molar-refractivity contribution is -0.132. The molecule has 46 heavy (non-hydrogen) atoms. The van der Waals surface area contributed by atoms with Crippen LogP contribution in [-0.4, -0.2) is 68.8 Å². The number of aromatic nitrogens is 3. The highest BCUT2D eigenvalue weighted by atomic mass is 35.5. The van der Waals surface area contributed by atoms with Crippen LogP contribution in [0.3, 0.4) is 0 Å². The minimum atomic E-state index is 0.147. The molecule has 0 atom stereocenters. The van der Waals surface area contributed by atoms with Crippen LogP contribution in [0.5, 0.6) is 0 Å². The molecule has 0 unspecified atom stereocenters. The van der Waals surface area contributed by atoms with E-state index in [-0.39, 0.29) is 5.91 Å². The number of nitrogens with zero attached hydrogens (tertiary/aromatic N) is 6. The monoisotopic (exact) mass is 651 g/mol. The van der Waals surface area contributed by atoms with E-state index in [0.29, 0.717) is 30.5 Å². The highest BCUT2D eigenvalue weighted by Gasteiger charge is 2.28. The molecule has 2 aliphatic rings. The van der Waals surface area contributed by atoms with Crippen LogP contribution in [0, 0.1) is 6.92 Å². The number of hydrogen-bond acceptors (Lipinski definition) is 8. The number of likely N-dealkylation sites (tertiary alicyclic amines) is 1. The molecule has 7 rings (SSSR count). The number of amides is 1. The number of thiazole rings is 1. The van der Waals surface area contributed by atoms with Crippen molar-refractivity contribution in [3.8, 4) is 21.7 Å². The quantitative estimate of drug-likeness (QED) is 0.177. The van der Waals surface area contributed by atoms with E-state index in [2.05, 4.69) is 59.4 Å². The second kappa shape index (κ2) is 13.1. The smallest absolute Gasteiger partial charge is 0.237 e. The first kappa shape index (κ1) is 30.7. The molecule has 3 aromatic heterocycles. The normalized spacial score (nSPS) is 14.8. The standard InChI is InChI=1S/C36H38ClN7OS/c1-4-42(3)22-32(45)44-20-30-31(21-44)46-36(41-30)27-10-7-9-26(23(27)2)28-11-8-12-29(33(28)37)40-35-34-25(13-14-38-35)17-24(18-39-34)19-43-15-5-6-16-43/h7-14,17-18H,4-6,15-16,19-22H2,1-3H3,(H,38,40). The maximum atomic E-state index is 12.7. The summed E-state index contributed by atoms with van der Waals surface area (Å²) in [7, 11) is 1.97. The average molecular weight is 652 g/mol. The summed E-state index contributed by atoms with van der Waals surface area (Å²) >= 11 is 8.79. The average Bonchev–Trinajstić information content (AvgIpc) is 3.80. The first-order valence-corrected chi connectivity index (χ1v) is 17.1. The van der Waals surface area contributed by atoms with Crippen molar-refractivity contribution in [1.82, 2.24) is 29.7 Å². The van der Waals surface area contributed by atoms with E-state index in [1.54, 1.807) is 11.3 Å². The van der Waals surface area contributed by atoms with Crippen molar-refractivity contribution >= 4 is 51.3 Å². The molecule has 1 saturated heterocycles. The Bertz CT molecular complexity index is 1890. The first-order chi connectivity index (χ1) is 22.4. The summed E-state index contributed by atoms with van der Waals surface area (Å²) in [5.74, 6) is 0.829. The molecule has 0 aliphatic carbocycles. The van der Waals surface area contributed by atoms with Crippen molar-refractivity contribution in [3.63, 3.8) is 0 Å². The van der Waals surface area contributed by atoms with Gasteiger partial charge in [0.25, 0.3) is 0 Å². The fourth-order valence-corrected chi connectivity index (χ4v) is 7.82. The van der Waals surface area contributed by atoms with Crippen LogP contribution in [0.2, 0.25) is 5.02 Å². The van der Waals surface area contributed by atoms with E-state index < -0.39 is 0 Å². The number of fused-ring (bicyclic) bond motifs is 2. The largest absolute Gasteiger partial charge is 0.337 e. The molecular formula is C36H38ClN7OS. The predicted molar refractivity (Wildman–Crippen MR) is 187 cm³/mol. The van der Waals surface area contributed by atoms with E-state index in [1.807, 2.05) is 47.4 Å². The fraction of sp³-hybridized carbons (Fsp3) is 0.333. The highest BCUT2D eigenvalue weighted by molar-refractivity contribution is 7.15. The molecule has 0 saturated carbocycles. The summed E-state index contributed by atoms with van der Waals surface area (Å²) in [6.45, 7) is 9.89. The number of carbonyl (C=O) groups excluding carboxylic acids is 1. The molecule has 10 heteroatoms. The van der Waals surface area contributed by atoms with E-state index in [9.17, 15) is 4.79 Å². The predicted octanol–water partition coefficient (Wildman–Crippen LogP) is 7.52.